The number of anilines is 2. The quantitative estimate of drug-likeness (QED) is 0.658. The van der Waals surface area contributed by atoms with Crippen LogP contribution in [0.15, 0.2) is 42.7 Å². The van der Waals surface area contributed by atoms with E-state index in [9.17, 15) is 9.18 Å². The van der Waals surface area contributed by atoms with Gasteiger partial charge in [0.15, 0.2) is 0 Å². The Labute approximate surface area is 174 Å². The molecule has 3 rings (SSSR count). The Morgan fingerprint density at radius 3 is 2.77 bits per heavy atom. The number of rotatable bonds is 6. The minimum Gasteiger partial charge on any atom is -0.362 e. The lowest BCUT2D eigenvalue weighted by Crippen LogP contribution is -2.30. The number of halogens is 1. The fourth-order valence-electron chi connectivity index (χ4n) is 2.89. The number of carbonyl (C=O) groups is 1. The Bertz CT molecular complexity index is 1180. The molecule has 0 saturated heterocycles. The third-order valence-corrected chi connectivity index (χ3v) is 4.57. The van der Waals surface area contributed by atoms with E-state index in [4.69, 9.17) is 0 Å². The van der Waals surface area contributed by atoms with E-state index in [1.165, 1.54) is 12.3 Å². The Morgan fingerprint density at radius 2 is 2.07 bits per heavy atom. The molecular weight excluding hydrogens is 381 g/mol. The first kappa shape index (κ1) is 21.1. The van der Waals surface area contributed by atoms with Crippen molar-refractivity contribution >= 4 is 30.1 Å². The zero-order valence-corrected chi connectivity index (χ0v) is 17.2. The van der Waals surface area contributed by atoms with Crippen LogP contribution >= 0.6 is 0 Å². The van der Waals surface area contributed by atoms with Gasteiger partial charge in [0.05, 0.1) is 34.2 Å². The number of hydrogen-bond acceptors (Lipinski definition) is 5. The highest BCUT2D eigenvalue weighted by atomic mass is 19.1. The molecule has 2 aromatic heterocycles. The second kappa shape index (κ2) is 9.26. The average molecular weight is 405 g/mol. The summed E-state index contributed by atoms with van der Waals surface area (Å²) in [5.41, 5.74) is 1.96. The number of nitrogens with zero attached hydrogens (tertiary/aromatic N) is 3. The number of amides is 1. The fourth-order valence-corrected chi connectivity index (χ4v) is 2.89. The molecule has 1 amide bonds. The minimum atomic E-state index is -0.511. The summed E-state index contributed by atoms with van der Waals surface area (Å²) >= 11 is 0. The number of hydrogen-bond donors (Lipinski definition) is 2. The lowest BCUT2D eigenvalue weighted by atomic mass is 10.1. The van der Waals surface area contributed by atoms with Gasteiger partial charge >= 0.3 is 0 Å². The summed E-state index contributed by atoms with van der Waals surface area (Å²) in [7, 11) is 0. The minimum absolute atomic E-state index is 0.0879. The molecule has 0 saturated carbocycles. The van der Waals surface area contributed by atoms with Crippen LogP contribution in [0, 0.1) is 12.7 Å². The third kappa shape index (κ3) is 5.05. The fraction of sp³-hybridized carbons (Fsp3) is 0.217. The van der Waals surface area contributed by atoms with Crippen molar-refractivity contribution in [2.75, 3.05) is 10.6 Å². The van der Waals surface area contributed by atoms with Gasteiger partial charge in [0.1, 0.15) is 11.6 Å². The second-order valence-corrected chi connectivity index (χ2v) is 6.94. The molecule has 0 bridgehead atoms. The lowest BCUT2D eigenvalue weighted by Gasteiger charge is -2.16. The number of carbonyl (C=O) groups excluding carboxylic acids is 1. The van der Waals surface area contributed by atoms with Crippen LogP contribution in [-0.2, 0) is 0 Å². The van der Waals surface area contributed by atoms with E-state index in [1.54, 1.807) is 19.2 Å². The van der Waals surface area contributed by atoms with Crippen molar-refractivity contribution in [3.8, 4) is 0 Å². The molecule has 0 spiro atoms. The molecule has 7 heteroatoms. The summed E-state index contributed by atoms with van der Waals surface area (Å²) in [4.78, 5) is 25.1. The van der Waals surface area contributed by atoms with Crippen molar-refractivity contribution in [2.24, 2.45) is 0 Å². The van der Waals surface area contributed by atoms with E-state index in [-0.39, 0.29) is 17.3 Å². The van der Waals surface area contributed by atoms with Crippen LogP contribution in [0.3, 0.4) is 0 Å². The number of aromatic nitrogens is 3. The van der Waals surface area contributed by atoms with Crippen molar-refractivity contribution in [1.29, 1.82) is 0 Å². The first-order chi connectivity index (χ1) is 14.4. The van der Waals surface area contributed by atoms with Crippen molar-refractivity contribution in [3.05, 3.63) is 76.1 Å². The van der Waals surface area contributed by atoms with Gasteiger partial charge in [-0.05, 0) is 44.0 Å². The summed E-state index contributed by atoms with van der Waals surface area (Å²) < 4.78 is 13.7. The first-order valence-electron chi connectivity index (χ1n) is 9.69. The molecule has 6 nitrogen and oxygen atoms in total. The van der Waals surface area contributed by atoms with Gasteiger partial charge in [0, 0.05) is 11.9 Å². The van der Waals surface area contributed by atoms with Crippen LogP contribution < -0.4 is 21.3 Å². The van der Waals surface area contributed by atoms with E-state index in [0.717, 1.165) is 17.3 Å². The molecule has 0 fully saturated rings. The van der Waals surface area contributed by atoms with E-state index in [1.807, 2.05) is 38.1 Å². The highest BCUT2D eigenvalue weighted by Gasteiger charge is 2.12. The highest BCUT2D eigenvalue weighted by molar-refractivity contribution is 6.04. The van der Waals surface area contributed by atoms with Gasteiger partial charge in [-0.1, -0.05) is 31.7 Å². The predicted octanol–water partition coefficient (Wildman–Crippen LogP) is 3.35. The average Bonchev–Trinajstić information content (AvgIpc) is 2.72. The molecule has 0 aliphatic carbocycles. The van der Waals surface area contributed by atoms with Gasteiger partial charge in [-0.25, -0.2) is 9.37 Å². The SMILES string of the molecule is C=c1nc(NC(C)c2cccc(NC(=O)c3cnc(C)c(F)c3)c2)cn/c1=C/CC. The van der Waals surface area contributed by atoms with Gasteiger partial charge in [0.25, 0.3) is 5.91 Å². The molecule has 0 aliphatic rings. The van der Waals surface area contributed by atoms with Gasteiger partial charge < -0.3 is 10.6 Å². The Hall–Kier alpha value is -3.61. The number of pyridine rings is 1. The molecule has 0 aliphatic heterocycles. The number of benzene rings is 1. The lowest BCUT2D eigenvalue weighted by molar-refractivity contribution is 0.102. The van der Waals surface area contributed by atoms with E-state index in [0.29, 0.717) is 16.9 Å². The maximum atomic E-state index is 13.7. The molecular formula is C23H24FN5O. The van der Waals surface area contributed by atoms with Crippen LogP contribution in [0.4, 0.5) is 15.9 Å². The van der Waals surface area contributed by atoms with Crippen molar-refractivity contribution in [1.82, 2.24) is 15.0 Å². The van der Waals surface area contributed by atoms with Crippen LogP contribution in [0.2, 0.25) is 0 Å². The van der Waals surface area contributed by atoms with Crippen LogP contribution in [0.1, 0.15) is 47.9 Å². The number of aryl methyl sites for hydroxylation is 1. The predicted molar refractivity (Wildman–Crippen MR) is 117 cm³/mol. The van der Waals surface area contributed by atoms with Crippen molar-refractivity contribution in [2.45, 2.75) is 33.2 Å². The molecule has 154 valence electrons. The van der Waals surface area contributed by atoms with Gasteiger partial charge in [-0.3, -0.25) is 14.8 Å². The zero-order chi connectivity index (χ0) is 21.7. The molecule has 1 atom stereocenters. The maximum Gasteiger partial charge on any atom is 0.257 e. The molecule has 2 N–H and O–H groups in total. The normalized spacial score (nSPS) is 12.5. The van der Waals surface area contributed by atoms with E-state index < -0.39 is 11.7 Å². The standard InChI is InChI=1S/C23H24FN5O/c1-5-7-21-16(4)28-22(13-26-21)27-14(2)17-8-6-9-19(10-17)29-23(30)18-11-20(24)15(3)25-12-18/h6-14H,4-5H2,1-3H3,(H,27,28)(H,29,30)/b21-7+. The Kier molecular flexibility index (Phi) is 6.51. The molecule has 0 radical (unpaired) electrons. The summed E-state index contributed by atoms with van der Waals surface area (Å²) in [6, 6.07) is 8.50. The monoisotopic (exact) mass is 405 g/mol. The molecule has 3 aromatic rings. The van der Waals surface area contributed by atoms with Crippen LogP contribution in [0.25, 0.3) is 12.7 Å². The molecule has 2 heterocycles. The van der Waals surface area contributed by atoms with E-state index >= 15 is 0 Å². The van der Waals surface area contributed by atoms with Crippen LogP contribution in [0.5, 0.6) is 0 Å². The third-order valence-electron chi connectivity index (χ3n) is 4.57. The van der Waals surface area contributed by atoms with Gasteiger partial charge in [0.2, 0.25) is 0 Å². The second-order valence-electron chi connectivity index (χ2n) is 6.94. The largest absolute Gasteiger partial charge is 0.362 e. The first-order valence-corrected chi connectivity index (χ1v) is 9.69. The van der Waals surface area contributed by atoms with Crippen LogP contribution in [-0.4, -0.2) is 20.9 Å². The summed E-state index contributed by atoms with van der Waals surface area (Å²) in [6.07, 6.45) is 5.88. The summed E-state index contributed by atoms with van der Waals surface area (Å²) in [5, 5.41) is 7.47. The Balaban J connectivity index is 1.73. The van der Waals surface area contributed by atoms with Gasteiger partial charge in [-0.2, -0.15) is 0 Å². The topological polar surface area (TPSA) is 79.8 Å². The smallest absolute Gasteiger partial charge is 0.257 e. The highest BCUT2D eigenvalue weighted by Crippen LogP contribution is 2.21. The molecule has 1 unspecified atom stereocenters. The zero-order valence-electron chi connectivity index (χ0n) is 17.2. The summed E-state index contributed by atoms with van der Waals surface area (Å²) in [5.74, 6) is -0.312. The van der Waals surface area contributed by atoms with E-state index in [2.05, 4.69) is 32.2 Å². The molecule has 1 aromatic carbocycles. The Morgan fingerprint density at radius 1 is 1.27 bits per heavy atom. The number of nitrogens with one attached hydrogen (secondary N) is 2. The summed E-state index contributed by atoms with van der Waals surface area (Å²) in [6.45, 7) is 9.51. The van der Waals surface area contributed by atoms with Gasteiger partial charge in [-0.15, -0.1) is 0 Å². The van der Waals surface area contributed by atoms with Crippen molar-refractivity contribution in [3.63, 3.8) is 0 Å². The van der Waals surface area contributed by atoms with Crippen molar-refractivity contribution < 1.29 is 9.18 Å². The molecule has 30 heavy (non-hydrogen) atoms. The maximum absolute atomic E-state index is 13.7.